The molecule has 0 bridgehead atoms. The Hall–Kier alpha value is -2.29. The second-order valence-electron chi connectivity index (χ2n) is 6.42. The van der Waals surface area contributed by atoms with Gasteiger partial charge in [-0.05, 0) is 37.3 Å². The van der Waals surface area contributed by atoms with E-state index >= 15 is 0 Å². The van der Waals surface area contributed by atoms with Crippen LogP contribution in [0.25, 0.3) is 10.2 Å². The fourth-order valence-electron chi connectivity index (χ4n) is 2.93. The number of fused-ring (bicyclic) bond motifs is 1. The molecule has 2 amide bonds. The van der Waals surface area contributed by atoms with Gasteiger partial charge in [0.05, 0.1) is 18.7 Å². The molecule has 1 aromatic carbocycles. The number of cyclic esters (lactones) is 1. The topological polar surface area (TPSA) is 71.5 Å². The summed E-state index contributed by atoms with van der Waals surface area (Å²) in [7, 11) is 0. The van der Waals surface area contributed by atoms with Gasteiger partial charge in [0.2, 0.25) is 0 Å². The number of carbonyl (C=O) groups is 2. The largest absolute Gasteiger partial charge is 0.442 e. The molecule has 1 N–H and O–H groups in total. The summed E-state index contributed by atoms with van der Waals surface area (Å²) in [6.45, 7) is 2.48. The highest BCUT2D eigenvalue weighted by Gasteiger charge is 2.33. The SMILES string of the molecule is Cc1ccc2cc(N3C[C@H](CNC(=O)c4cc(Cl)ccc4S)OC3=O)sc2n1. The molecule has 0 spiro atoms. The Morgan fingerprint density at radius 1 is 1.39 bits per heavy atom. The van der Waals surface area contributed by atoms with Crippen molar-refractivity contribution in [2.45, 2.75) is 17.9 Å². The van der Waals surface area contributed by atoms with Gasteiger partial charge in [-0.1, -0.05) is 29.0 Å². The number of carbonyl (C=O) groups excluding carboxylic acids is 2. The van der Waals surface area contributed by atoms with Crippen LogP contribution < -0.4 is 10.2 Å². The van der Waals surface area contributed by atoms with Crippen LogP contribution in [-0.4, -0.2) is 36.2 Å². The monoisotopic (exact) mass is 433 g/mol. The van der Waals surface area contributed by atoms with E-state index < -0.39 is 12.2 Å². The zero-order valence-electron chi connectivity index (χ0n) is 14.8. The van der Waals surface area contributed by atoms with Crippen LogP contribution in [0.15, 0.2) is 41.3 Å². The van der Waals surface area contributed by atoms with Crippen molar-refractivity contribution >= 4 is 62.8 Å². The van der Waals surface area contributed by atoms with Crippen molar-refractivity contribution in [3.63, 3.8) is 0 Å². The molecule has 1 aliphatic rings. The molecule has 4 rings (SSSR count). The first-order valence-electron chi connectivity index (χ1n) is 8.53. The molecular formula is C19H16ClN3O3S2. The third-order valence-electron chi connectivity index (χ3n) is 4.34. The molecule has 0 aliphatic carbocycles. The summed E-state index contributed by atoms with van der Waals surface area (Å²) in [6.07, 6.45) is -0.876. The van der Waals surface area contributed by atoms with Crippen LogP contribution in [0.5, 0.6) is 0 Å². The number of anilines is 1. The number of nitrogens with one attached hydrogen (secondary N) is 1. The van der Waals surface area contributed by atoms with Crippen molar-refractivity contribution in [3.05, 3.63) is 52.7 Å². The fraction of sp³-hybridized carbons (Fsp3) is 0.211. The number of rotatable bonds is 4. The molecule has 1 fully saturated rings. The third kappa shape index (κ3) is 3.80. The van der Waals surface area contributed by atoms with Gasteiger partial charge in [-0.15, -0.1) is 12.6 Å². The quantitative estimate of drug-likeness (QED) is 0.602. The molecule has 1 atom stereocenters. The van der Waals surface area contributed by atoms with E-state index in [0.29, 0.717) is 22.0 Å². The van der Waals surface area contributed by atoms with Gasteiger partial charge in [-0.2, -0.15) is 0 Å². The lowest BCUT2D eigenvalue weighted by molar-refractivity contribution is 0.0913. The van der Waals surface area contributed by atoms with Crippen LogP contribution >= 0.6 is 35.6 Å². The normalized spacial score (nSPS) is 16.5. The standard InChI is InChI=1S/C19H16ClN3O3S2/c1-10-2-3-11-6-16(28-18(11)22-10)23-9-13(26-19(23)25)8-21-17(24)14-7-12(20)4-5-15(14)27/h2-7,13,27H,8-9H2,1H3,(H,21,24)/t13-/m0/s1. The van der Waals surface area contributed by atoms with E-state index in [1.807, 2.05) is 25.1 Å². The van der Waals surface area contributed by atoms with Gasteiger partial charge in [0.25, 0.3) is 5.91 Å². The molecule has 28 heavy (non-hydrogen) atoms. The molecule has 1 aliphatic heterocycles. The van der Waals surface area contributed by atoms with Gasteiger partial charge in [0.15, 0.2) is 0 Å². The van der Waals surface area contributed by atoms with Crippen molar-refractivity contribution in [1.29, 1.82) is 0 Å². The van der Waals surface area contributed by atoms with Gasteiger partial charge in [0.1, 0.15) is 15.9 Å². The number of thiol groups is 1. The van der Waals surface area contributed by atoms with E-state index in [4.69, 9.17) is 16.3 Å². The van der Waals surface area contributed by atoms with E-state index in [0.717, 1.165) is 20.9 Å². The maximum Gasteiger partial charge on any atom is 0.415 e. The van der Waals surface area contributed by atoms with Crippen LogP contribution in [0.1, 0.15) is 16.1 Å². The molecule has 0 radical (unpaired) electrons. The van der Waals surface area contributed by atoms with Crippen LogP contribution in [-0.2, 0) is 4.74 Å². The number of halogens is 1. The second-order valence-corrected chi connectivity index (χ2v) is 8.35. The lowest BCUT2D eigenvalue weighted by Gasteiger charge is -2.11. The molecule has 144 valence electrons. The minimum atomic E-state index is -0.445. The number of amides is 2. The number of hydrogen-bond acceptors (Lipinski definition) is 6. The van der Waals surface area contributed by atoms with Crippen LogP contribution in [0.4, 0.5) is 9.80 Å². The second kappa shape index (κ2) is 7.62. The van der Waals surface area contributed by atoms with Crippen molar-refractivity contribution in [1.82, 2.24) is 10.3 Å². The molecule has 3 heterocycles. The Balaban J connectivity index is 1.43. The Labute approximate surface area is 175 Å². The zero-order chi connectivity index (χ0) is 19.8. The zero-order valence-corrected chi connectivity index (χ0v) is 17.3. The molecule has 6 nitrogen and oxygen atoms in total. The smallest absolute Gasteiger partial charge is 0.415 e. The maximum atomic E-state index is 12.4. The third-order valence-corrected chi connectivity index (χ3v) is 6.04. The highest BCUT2D eigenvalue weighted by molar-refractivity contribution is 7.80. The summed E-state index contributed by atoms with van der Waals surface area (Å²) in [6, 6.07) is 10.7. The number of ether oxygens (including phenoxy) is 1. The highest BCUT2D eigenvalue weighted by Crippen LogP contribution is 2.33. The van der Waals surface area contributed by atoms with Gasteiger partial charge >= 0.3 is 6.09 Å². The van der Waals surface area contributed by atoms with Crippen LogP contribution in [0.3, 0.4) is 0 Å². The highest BCUT2D eigenvalue weighted by atomic mass is 35.5. The predicted octanol–water partition coefficient (Wildman–Crippen LogP) is 4.30. The average molecular weight is 434 g/mol. The van der Waals surface area contributed by atoms with Crippen molar-refractivity contribution in [2.75, 3.05) is 18.0 Å². The van der Waals surface area contributed by atoms with Crippen molar-refractivity contribution in [2.24, 2.45) is 0 Å². The lowest BCUT2D eigenvalue weighted by atomic mass is 10.2. The molecule has 9 heteroatoms. The number of hydrogen-bond donors (Lipinski definition) is 2. The average Bonchev–Trinajstić information content (AvgIpc) is 3.24. The summed E-state index contributed by atoms with van der Waals surface area (Å²) in [5.41, 5.74) is 1.30. The number of nitrogens with zero attached hydrogens (tertiary/aromatic N) is 2. The predicted molar refractivity (Wildman–Crippen MR) is 113 cm³/mol. The first-order chi connectivity index (χ1) is 13.4. The summed E-state index contributed by atoms with van der Waals surface area (Å²) in [4.78, 5) is 32.1. The molecule has 2 aromatic heterocycles. The van der Waals surface area contributed by atoms with E-state index in [9.17, 15) is 9.59 Å². The van der Waals surface area contributed by atoms with Gasteiger partial charge in [-0.3, -0.25) is 9.69 Å². The van der Waals surface area contributed by atoms with Gasteiger partial charge < -0.3 is 10.1 Å². The van der Waals surface area contributed by atoms with Crippen molar-refractivity contribution in [3.8, 4) is 0 Å². The Morgan fingerprint density at radius 2 is 2.21 bits per heavy atom. The number of aromatic nitrogens is 1. The first kappa shape index (κ1) is 19.0. The van der Waals surface area contributed by atoms with E-state index in [1.54, 1.807) is 23.1 Å². The maximum absolute atomic E-state index is 12.4. The van der Waals surface area contributed by atoms with E-state index in [-0.39, 0.29) is 12.5 Å². The Bertz CT molecular complexity index is 1090. The van der Waals surface area contributed by atoms with Gasteiger partial charge in [-0.25, -0.2) is 9.78 Å². The molecule has 0 unspecified atom stereocenters. The minimum absolute atomic E-state index is 0.197. The number of thiophene rings is 1. The molecule has 1 saturated heterocycles. The Morgan fingerprint density at radius 3 is 3.04 bits per heavy atom. The molecule has 0 saturated carbocycles. The van der Waals surface area contributed by atoms with Gasteiger partial charge in [0, 0.05) is 21.0 Å². The molecular weight excluding hydrogens is 418 g/mol. The lowest BCUT2D eigenvalue weighted by Crippen LogP contribution is -2.34. The summed E-state index contributed by atoms with van der Waals surface area (Å²) in [5, 5.41) is 4.99. The number of benzene rings is 1. The Kier molecular flexibility index (Phi) is 5.18. The number of aryl methyl sites for hydroxylation is 1. The molecule has 3 aromatic rings. The van der Waals surface area contributed by atoms with E-state index in [1.165, 1.54) is 11.3 Å². The summed E-state index contributed by atoms with van der Waals surface area (Å²) in [5.74, 6) is -0.316. The van der Waals surface area contributed by atoms with Crippen molar-refractivity contribution < 1.29 is 14.3 Å². The number of pyridine rings is 1. The first-order valence-corrected chi connectivity index (χ1v) is 10.2. The summed E-state index contributed by atoms with van der Waals surface area (Å²) < 4.78 is 5.40. The van der Waals surface area contributed by atoms with Crippen LogP contribution in [0, 0.1) is 6.92 Å². The van der Waals surface area contributed by atoms with Crippen LogP contribution in [0.2, 0.25) is 5.02 Å². The fourth-order valence-corrected chi connectivity index (χ4v) is 4.42. The van der Waals surface area contributed by atoms with E-state index in [2.05, 4.69) is 22.9 Å². The minimum Gasteiger partial charge on any atom is -0.442 e. The summed E-state index contributed by atoms with van der Waals surface area (Å²) >= 11 is 11.7.